The first-order valence-electron chi connectivity index (χ1n) is 5.80. The molecule has 0 aliphatic heterocycles. The summed E-state index contributed by atoms with van der Waals surface area (Å²) in [6.07, 6.45) is 0.793. The second-order valence-corrected chi connectivity index (χ2v) is 5.02. The highest BCUT2D eigenvalue weighted by Crippen LogP contribution is 2.49. The lowest BCUT2D eigenvalue weighted by Gasteiger charge is -2.39. The van der Waals surface area contributed by atoms with Gasteiger partial charge in [0.1, 0.15) is 5.75 Å². The van der Waals surface area contributed by atoms with E-state index in [1.54, 1.807) is 7.11 Å². The molecular formula is C13H17N3O. The molecule has 0 amide bonds. The number of azide groups is 1. The van der Waals surface area contributed by atoms with Gasteiger partial charge in [0.25, 0.3) is 0 Å². The normalized spacial score (nSPS) is 21.5. The highest BCUT2D eigenvalue weighted by Gasteiger charge is 2.41. The number of ether oxygens (including phenoxy) is 1. The summed E-state index contributed by atoms with van der Waals surface area (Å²) in [5.41, 5.74) is 11.7. The number of benzene rings is 1. The molecule has 0 radical (unpaired) electrons. The SMILES string of the molecule is COc1c(C(C)C)ccc2c1C(C)(N=[N+]=[N-])C2. The molecule has 4 heteroatoms. The van der Waals surface area contributed by atoms with Crippen LogP contribution in [0, 0.1) is 0 Å². The van der Waals surface area contributed by atoms with Crippen LogP contribution in [0.2, 0.25) is 0 Å². The molecule has 0 N–H and O–H groups in total. The minimum atomic E-state index is -0.444. The topological polar surface area (TPSA) is 58.0 Å². The summed E-state index contributed by atoms with van der Waals surface area (Å²) in [6.45, 7) is 6.23. The summed E-state index contributed by atoms with van der Waals surface area (Å²) in [4.78, 5) is 2.95. The van der Waals surface area contributed by atoms with Crippen molar-refractivity contribution in [3.63, 3.8) is 0 Å². The van der Waals surface area contributed by atoms with Crippen LogP contribution in [0.1, 0.15) is 43.4 Å². The number of methoxy groups -OCH3 is 1. The summed E-state index contributed by atoms with van der Waals surface area (Å²) in [7, 11) is 1.68. The number of fused-ring (bicyclic) bond motifs is 1. The molecule has 0 saturated heterocycles. The molecule has 1 atom stereocenters. The highest BCUT2D eigenvalue weighted by atomic mass is 16.5. The molecule has 1 aromatic rings. The second kappa shape index (κ2) is 3.97. The Morgan fingerprint density at radius 1 is 1.47 bits per heavy atom. The van der Waals surface area contributed by atoms with Gasteiger partial charge in [0.05, 0.1) is 12.6 Å². The number of nitrogens with zero attached hydrogens (tertiary/aromatic N) is 3. The zero-order valence-electron chi connectivity index (χ0n) is 10.7. The molecule has 1 aliphatic rings. The average molecular weight is 231 g/mol. The van der Waals surface area contributed by atoms with Crippen LogP contribution in [-0.4, -0.2) is 7.11 Å². The summed E-state index contributed by atoms with van der Waals surface area (Å²) >= 11 is 0. The first kappa shape index (κ1) is 11.8. The second-order valence-electron chi connectivity index (χ2n) is 5.02. The van der Waals surface area contributed by atoms with Gasteiger partial charge in [-0.25, -0.2) is 0 Å². The Bertz CT molecular complexity index is 504. The number of hydrogen-bond donors (Lipinski definition) is 0. The molecule has 1 unspecified atom stereocenters. The molecule has 0 spiro atoms. The van der Waals surface area contributed by atoms with Crippen LogP contribution in [0.4, 0.5) is 0 Å². The van der Waals surface area contributed by atoms with Gasteiger partial charge in [0.2, 0.25) is 0 Å². The third-order valence-electron chi connectivity index (χ3n) is 3.44. The highest BCUT2D eigenvalue weighted by molar-refractivity contribution is 5.57. The number of rotatable bonds is 3. The summed E-state index contributed by atoms with van der Waals surface area (Å²) in [5, 5.41) is 3.91. The van der Waals surface area contributed by atoms with Gasteiger partial charge in [-0.2, -0.15) is 0 Å². The van der Waals surface area contributed by atoms with Gasteiger partial charge in [0, 0.05) is 10.5 Å². The van der Waals surface area contributed by atoms with Gasteiger partial charge >= 0.3 is 0 Å². The summed E-state index contributed by atoms with van der Waals surface area (Å²) in [6, 6.07) is 4.22. The maximum absolute atomic E-state index is 8.65. The molecule has 0 bridgehead atoms. The molecule has 1 aromatic carbocycles. The predicted molar refractivity (Wildman–Crippen MR) is 67.3 cm³/mol. The average Bonchev–Trinajstić information content (AvgIpc) is 2.26. The smallest absolute Gasteiger partial charge is 0.126 e. The Hall–Kier alpha value is -1.67. The monoisotopic (exact) mass is 231 g/mol. The van der Waals surface area contributed by atoms with E-state index in [1.807, 2.05) is 6.92 Å². The van der Waals surface area contributed by atoms with Crippen molar-refractivity contribution in [3.8, 4) is 5.75 Å². The van der Waals surface area contributed by atoms with Crippen LogP contribution in [0.3, 0.4) is 0 Å². The van der Waals surface area contributed by atoms with Crippen LogP contribution in [0.5, 0.6) is 5.75 Å². The van der Waals surface area contributed by atoms with Crippen LogP contribution < -0.4 is 4.74 Å². The third-order valence-corrected chi connectivity index (χ3v) is 3.44. The van der Waals surface area contributed by atoms with Crippen molar-refractivity contribution >= 4 is 0 Å². The van der Waals surface area contributed by atoms with Crippen molar-refractivity contribution in [2.24, 2.45) is 5.11 Å². The van der Waals surface area contributed by atoms with E-state index in [0.29, 0.717) is 5.92 Å². The Morgan fingerprint density at radius 3 is 2.71 bits per heavy atom. The van der Waals surface area contributed by atoms with Crippen LogP contribution >= 0.6 is 0 Å². The maximum atomic E-state index is 8.65. The van der Waals surface area contributed by atoms with Crippen LogP contribution in [0.15, 0.2) is 17.2 Å². The van der Waals surface area contributed by atoms with E-state index in [-0.39, 0.29) is 0 Å². The van der Waals surface area contributed by atoms with Gasteiger partial charge in [-0.15, -0.1) is 0 Å². The van der Waals surface area contributed by atoms with Crippen molar-refractivity contribution in [3.05, 3.63) is 39.3 Å². The lowest BCUT2D eigenvalue weighted by molar-refractivity contribution is 0.353. The molecule has 17 heavy (non-hydrogen) atoms. The Labute approximate surface area is 101 Å². The van der Waals surface area contributed by atoms with E-state index in [9.17, 15) is 0 Å². The first-order valence-corrected chi connectivity index (χ1v) is 5.80. The molecule has 0 fully saturated rings. The van der Waals surface area contributed by atoms with E-state index in [0.717, 1.165) is 17.7 Å². The van der Waals surface area contributed by atoms with E-state index in [1.165, 1.54) is 11.1 Å². The van der Waals surface area contributed by atoms with E-state index >= 15 is 0 Å². The largest absolute Gasteiger partial charge is 0.496 e. The van der Waals surface area contributed by atoms with Gasteiger partial charge in [-0.1, -0.05) is 31.1 Å². The molecule has 0 heterocycles. The molecular weight excluding hydrogens is 214 g/mol. The molecule has 90 valence electrons. The zero-order chi connectivity index (χ0) is 12.6. The van der Waals surface area contributed by atoms with E-state index in [4.69, 9.17) is 10.3 Å². The van der Waals surface area contributed by atoms with Crippen molar-refractivity contribution in [1.82, 2.24) is 0 Å². The fourth-order valence-electron chi connectivity index (χ4n) is 2.59. The predicted octanol–water partition coefficient (Wildman–Crippen LogP) is 3.90. The fraction of sp³-hybridized carbons (Fsp3) is 0.538. The van der Waals surface area contributed by atoms with Gasteiger partial charge in [0.15, 0.2) is 0 Å². The summed E-state index contributed by atoms with van der Waals surface area (Å²) < 4.78 is 5.53. The van der Waals surface area contributed by atoms with Crippen molar-refractivity contribution in [1.29, 1.82) is 0 Å². The van der Waals surface area contributed by atoms with E-state index in [2.05, 4.69) is 36.0 Å². The molecule has 2 rings (SSSR count). The van der Waals surface area contributed by atoms with Gasteiger partial charge < -0.3 is 4.74 Å². The standard InChI is InChI=1S/C13H17N3O/c1-8(2)10-6-5-9-7-13(3,15-16-14)11(9)12(10)17-4/h5-6,8H,7H2,1-4H3. The molecule has 0 saturated carbocycles. The van der Waals surface area contributed by atoms with Crippen molar-refractivity contribution in [2.45, 2.75) is 38.6 Å². The lowest BCUT2D eigenvalue weighted by Crippen LogP contribution is -2.34. The molecule has 4 nitrogen and oxygen atoms in total. The van der Waals surface area contributed by atoms with Crippen molar-refractivity contribution in [2.75, 3.05) is 7.11 Å². The minimum absolute atomic E-state index is 0.395. The summed E-state index contributed by atoms with van der Waals surface area (Å²) in [5.74, 6) is 1.28. The molecule has 0 aromatic heterocycles. The van der Waals surface area contributed by atoms with Crippen molar-refractivity contribution < 1.29 is 4.74 Å². The van der Waals surface area contributed by atoms with Gasteiger partial charge in [-0.05, 0) is 35.9 Å². The molecule has 1 aliphatic carbocycles. The fourth-order valence-corrected chi connectivity index (χ4v) is 2.59. The van der Waals surface area contributed by atoms with E-state index < -0.39 is 5.54 Å². The zero-order valence-corrected chi connectivity index (χ0v) is 10.7. The quantitative estimate of drug-likeness (QED) is 0.442. The lowest BCUT2D eigenvalue weighted by atomic mass is 9.70. The Balaban J connectivity index is 2.61. The Morgan fingerprint density at radius 2 is 2.18 bits per heavy atom. The third kappa shape index (κ3) is 1.65. The maximum Gasteiger partial charge on any atom is 0.126 e. The van der Waals surface area contributed by atoms with Crippen LogP contribution in [-0.2, 0) is 12.0 Å². The minimum Gasteiger partial charge on any atom is -0.496 e. The van der Waals surface area contributed by atoms with Crippen LogP contribution in [0.25, 0.3) is 10.4 Å². The number of hydrogen-bond acceptors (Lipinski definition) is 2. The van der Waals surface area contributed by atoms with Gasteiger partial charge in [-0.3, -0.25) is 0 Å². The Kier molecular flexibility index (Phi) is 2.76. The first-order chi connectivity index (χ1) is 8.03.